The molecule has 0 bridgehead atoms. The molecule has 0 radical (unpaired) electrons. The first-order valence-electron chi connectivity index (χ1n) is 8.48. The van der Waals surface area contributed by atoms with Crippen molar-refractivity contribution in [3.8, 4) is 0 Å². The maximum Gasteiger partial charge on any atom is 0.223 e. The maximum absolute atomic E-state index is 12.4. The monoisotopic (exact) mass is 295 g/mol. The maximum atomic E-state index is 12.4. The highest BCUT2D eigenvalue weighted by atomic mass is 16.3. The van der Waals surface area contributed by atoms with Gasteiger partial charge in [0.2, 0.25) is 5.91 Å². The van der Waals surface area contributed by atoms with E-state index < -0.39 is 0 Å². The van der Waals surface area contributed by atoms with Crippen LogP contribution in [0.2, 0.25) is 0 Å². The minimum atomic E-state index is 0.00353. The predicted molar refractivity (Wildman–Crippen MR) is 82.1 cm³/mol. The minimum absolute atomic E-state index is 0.00353. The first-order valence-corrected chi connectivity index (χ1v) is 8.48. The number of amides is 1. The Morgan fingerprint density at radius 3 is 2.38 bits per heavy atom. The number of likely N-dealkylation sites (N-methyl/N-ethyl adjacent to an activating group) is 1. The highest BCUT2D eigenvalue weighted by Crippen LogP contribution is 2.43. The lowest BCUT2D eigenvalue weighted by Crippen LogP contribution is -2.58. The molecule has 1 amide bonds. The summed E-state index contributed by atoms with van der Waals surface area (Å²) in [4.78, 5) is 19.1. The van der Waals surface area contributed by atoms with Crippen LogP contribution >= 0.6 is 0 Å². The summed E-state index contributed by atoms with van der Waals surface area (Å²) in [6, 6.07) is 0.623. The summed E-state index contributed by atoms with van der Waals surface area (Å²) in [7, 11) is 2.11. The van der Waals surface area contributed by atoms with E-state index >= 15 is 0 Å². The lowest BCUT2D eigenvalue weighted by atomic mass is 9.75. The molecular weight excluding hydrogens is 266 g/mol. The lowest BCUT2D eigenvalue weighted by molar-refractivity contribution is -0.134. The number of carbonyl (C=O) groups is 1. The van der Waals surface area contributed by atoms with Crippen molar-refractivity contribution in [2.75, 3.05) is 46.4 Å². The first kappa shape index (κ1) is 15.3. The van der Waals surface area contributed by atoms with E-state index in [0.717, 1.165) is 45.6 Å². The summed E-state index contributed by atoms with van der Waals surface area (Å²) in [6.07, 6.45) is 6.51. The van der Waals surface area contributed by atoms with E-state index in [1.54, 1.807) is 0 Å². The number of carbonyl (C=O) groups excluding carboxylic acids is 1. The number of aliphatic hydroxyl groups is 1. The van der Waals surface area contributed by atoms with Crippen LogP contribution in [-0.2, 0) is 4.79 Å². The zero-order valence-corrected chi connectivity index (χ0v) is 13.3. The molecule has 3 rings (SSSR count). The molecule has 5 heteroatoms. The summed E-state index contributed by atoms with van der Waals surface area (Å²) < 4.78 is 0. The summed E-state index contributed by atoms with van der Waals surface area (Å²) in [5, 5.41) is 9.78. The molecule has 0 spiro atoms. The van der Waals surface area contributed by atoms with Gasteiger partial charge in [-0.15, -0.1) is 0 Å². The Labute approximate surface area is 127 Å². The number of rotatable bonds is 6. The van der Waals surface area contributed by atoms with Gasteiger partial charge < -0.3 is 14.9 Å². The third-order valence-corrected chi connectivity index (χ3v) is 5.60. The molecule has 1 heterocycles. The number of piperazine rings is 1. The van der Waals surface area contributed by atoms with Crippen LogP contribution in [0, 0.1) is 0 Å². The molecule has 1 N–H and O–H groups in total. The average molecular weight is 295 g/mol. The van der Waals surface area contributed by atoms with Gasteiger partial charge in [-0.05, 0) is 39.2 Å². The molecule has 0 aromatic carbocycles. The fourth-order valence-electron chi connectivity index (χ4n) is 3.74. The highest BCUT2D eigenvalue weighted by molar-refractivity contribution is 5.76. The van der Waals surface area contributed by atoms with Crippen molar-refractivity contribution in [1.29, 1.82) is 0 Å². The third-order valence-electron chi connectivity index (χ3n) is 5.60. The van der Waals surface area contributed by atoms with Gasteiger partial charge in [0.25, 0.3) is 0 Å². The topological polar surface area (TPSA) is 47.0 Å². The van der Waals surface area contributed by atoms with E-state index in [1.165, 1.54) is 19.3 Å². The molecule has 0 unspecified atom stereocenters. The summed E-state index contributed by atoms with van der Waals surface area (Å²) >= 11 is 0. The standard InChI is InChI=1S/C16H29N3O2/c1-17-9-11-18(12-10-17)15(21)5-8-19(14-3-4-14)16(13-20)6-2-7-16/h14,20H,2-13H2,1H3. The number of hydrogen-bond acceptors (Lipinski definition) is 4. The van der Waals surface area contributed by atoms with Crippen molar-refractivity contribution < 1.29 is 9.90 Å². The summed E-state index contributed by atoms with van der Waals surface area (Å²) in [5.41, 5.74) is 0.00353. The van der Waals surface area contributed by atoms with Gasteiger partial charge in [-0.2, -0.15) is 0 Å². The largest absolute Gasteiger partial charge is 0.394 e. The van der Waals surface area contributed by atoms with Crippen LogP contribution in [-0.4, -0.2) is 83.7 Å². The molecule has 0 aromatic heterocycles. The second kappa shape index (κ2) is 6.23. The molecule has 1 saturated heterocycles. The van der Waals surface area contributed by atoms with Crippen molar-refractivity contribution in [2.24, 2.45) is 0 Å². The van der Waals surface area contributed by atoms with Crippen molar-refractivity contribution >= 4 is 5.91 Å². The van der Waals surface area contributed by atoms with Crippen molar-refractivity contribution in [2.45, 2.75) is 50.1 Å². The van der Waals surface area contributed by atoms with Crippen LogP contribution < -0.4 is 0 Å². The van der Waals surface area contributed by atoms with Crippen LogP contribution in [0.4, 0.5) is 0 Å². The fourth-order valence-corrected chi connectivity index (χ4v) is 3.74. The SMILES string of the molecule is CN1CCN(C(=O)CCN(C2CC2)C2(CO)CCC2)CC1. The van der Waals surface area contributed by atoms with E-state index in [2.05, 4.69) is 16.8 Å². The van der Waals surface area contributed by atoms with E-state index in [4.69, 9.17) is 0 Å². The van der Waals surface area contributed by atoms with Gasteiger partial charge in [-0.1, -0.05) is 0 Å². The Hall–Kier alpha value is -0.650. The normalized spacial score (nSPS) is 26.0. The molecular formula is C16H29N3O2. The Bertz CT molecular complexity index is 366. The fraction of sp³-hybridized carbons (Fsp3) is 0.938. The van der Waals surface area contributed by atoms with Crippen molar-refractivity contribution in [3.05, 3.63) is 0 Å². The van der Waals surface area contributed by atoms with Gasteiger partial charge in [0.05, 0.1) is 6.61 Å². The van der Waals surface area contributed by atoms with Crippen LogP contribution in [0.15, 0.2) is 0 Å². The second-order valence-corrected chi connectivity index (χ2v) is 7.09. The van der Waals surface area contributed by atoms with E-state index in [-0.39, 0.29) is 12.1 Å². The second-order valence-electron chi connectivity index (χ2n) is 7.09. The van der Waals surface area contributed by atoms with Crippen LogP contribution in [0.25, 0.3) is 0 Å². The molecule has 2 saturated carbocycles. The Balaban J connectivity index is 1.51. The number of hydrogen-bond donors (Lipinski definition) is 1. The Kier molecular flexibility index (Phi) is 4.52. The van der Waals surface area contributed by atoms with Crippen LogP contribution in [0.1, 0.15) is 38.5 Å². The first-order chi connectivity index (χ1) is 10.1. The van der Waals surface area contributed by atoms with E-state index in [0.29, 0.717) is 18.4 Å². The predicted octanol–water partition coefficient (Wildman–Crippen LogP) is 0.530. The van der Waals surface area contributed by atoms with Crippen LogP contribution in [0.3, 0.4) is 0 Å². The van der Waals surface area contributed by atoms with Gasteiger partial charge in [0, 0.05) is 50.7 Å². The highest BCUT2D eigenvalue weighted by Gasteiger charge is 2.47. The molecule has 120 valence electrons. The molecule has 1 aliphatic heterocycles. The molecule has 3 fully saturated rings. The van der Waals surface area contributed by atoms with Crippen molar-refractivity contribution in [1.82, 2.24) is 14.7 Å². The average Bonchev–Trinajstić information content (AvgIpc) is 3.26. The molecule has 2 aliphatic carbocycles. The van der Waals surface area contributed by atoms with E-state index in [9.17, 15) is 9.90 Å². The van der Waals surface area contributed by atoms with Crippen molar-refractivity contribution in [3.63, 3.8) is 0 Å². The van der Waals surface area contributed by atoms with Gasteiger partial charge in [-0.3, -0.25) is 9.69 Å². The molecule has 3 aliphatic rings. The van der Waals surface area contributed by atoms with Gasteiger partial charge >= 0.3 is 0 Å². The van der Waals surface area contributed by atoms with Crippen LogP contribution in [0.5, 0.6) is 0 Å². The molecule has 21 heavy (non-hydrogen) atoms. The Morgan fingerprint density at radius 1 is 1.24 bits per heavy atom. The zero-order valence-electron chi connectivity index (χ0n) is 13.3. The number of aliphatic hydroxyl groups excluding tert-OH is 1. The van der Waals surface area contributed by atoms with Gasteiger partial charge in [-0.25, -0.2) is 0 Å². The van der Waals surface area contributed by atoms with E-state index in [1.807, 2.05) is 4.90 Å². The summed E-state index contributed by atoms with van der Waals surface area (Å²) in [5.74, 6) is 0.293. The third kappa shape index (κ3) is 3.25. The number of nitrogens with zero attached hydrogens (tertiary/aromatic N) is 3. The smallest absolute Gasteiger partial charge is 0.223 e. The summed E-state index contributed by atoms with van der Waals surface area (Å²) in [6.45, 7) is 4.79. The zero-order chi connectivity index (χ0) is 14.9. The lowest BCUT2D eigenvalue weighted by Gasteiger charge is -2.50. The molecule has 5 nitrogen and oxygen atoms in total. The Morgan fingerprint density at radius 2 is 1.90 bits per heavy atom. The van der Waals surface area contributed by atoms with Gasteiger partial charge in [0.1, 0.15) is 0 Å². The van der Waals surface area contributed by atoms with Gasteiger partial charge in [0.15, 0.2) is 0 Å². The molecule has 0 aromatic rings. The minimum Gasteiger partial charge on any atom is -0.394 e. The molecule has 0 atom stereocenters. The quantitative estimate of drug-likeness (QED) is 0.776.